The molecule has 0 aliphatic heterocycles. The molecule has 4 aliphatic carbocycles. The van der Waals surface area contributed by atoms with Crippen molar-refractivity contribution in [2.45, 2.75) is 38.5 Å². The topological polar surface area (TPSA) is 12.0 Å². The van der Waals surface area contributed by atoms with E-state index in [-0.39, 0.29) is 0 Å². The molecule has 0 aromatic heterocycles. The highest BCUT2D eigenvalue weighted by atomic mass is 19.1. The van der Waals surface area contributed by atoms with Crippen LogP contribution in [-0.4, -0.2) is 6.54 Å². The lowest BCUT2D eigenvalue weighted by atomic mass is 9.49. The summed E-state index contributed by atoms with van der Waals surface area (Å²) in [6.45, 7) is 0.874. The van der Waals surface area contributed by atoms with Crippen molar-refractivity contribution in [3.63, 3.8) is 0 Å². The first kappa shape index (κ1) is 12.6. The van der Waals surface area contributed by atoms with Gasteiger partial charge in [0.2, 0.25) is 0 Å². The van der Waals surface area contributed by atoms with Gasteiger partial charge in [-0.25, -0.2) is 8.78 Å². The molecule has 108 valence electrons. The Balaban J connectivity index is 1.49. The molecule has 0 radical (unpaired) electrons. The standard InChI is InChI=1S/C17H21F2N/c18-14-4-15(19)6-16(5-14)20-10-17-7-11-1-12(8-17)3-13(2-11)9-17/h4-6,11-13,20H,1-3,7-10H2. The Kier molecular flexibility index (Phi) is 2.80. The van der Waals surface area contributed by atoms with Gasteiger partial charge in [0, 0.05) is 18.3 Å². The summed E-state index contributed by atoms with van der Waals surface area (Å²) in [5, 5.41) is 3.30. The van der Waals surface area contributed by atoms with Crippen LogP contribution >= 0.6 is 0 Å². The van der Waals surface area contributed by atoms with Crippen LogP contribution in [0.1, 0.15) is 38.5 Å². The number of benzene rings is 1. The Bertz CT molecular complexity index is 470. The van der Waals surface area contributed by atoms with Crippen molar-refractivity contribution in [2.24, 2.45) is 23.2 Å². The molecule has 0 spiro atoms. The summed E-state index contributed by atoms with van der Waals surface area (Å²) >= 11 is 0. The van der Waals surface area contributed by atoms with E-state index in [0.29, 0.717) is 11.1 Å². The molecule has 5 rings (SSSR count). The van der Waals surface area contributed by atoms with Gasteiger partial charge in [0.1, 0.15) is 11.6 Å². The summed E-state index contributed by atoms with van der Waals surface area (Å²) in [6.07, 6.45) is 8.20. The number of nitrogens with one attached hydrogen (secondary N) is 1. The Labute approximate surface area is 118 Å². The Hall–Kier alpha value is -1.12. The maximum Gasteiger partial charge on any atom is 0.128 e. The zero-order valence-corrected chi connectivity index (χ0v) is 11.7. The Morgan fingerprint density at radius 3 is 1.90 bits per heavy atom. The lowest BCUT2D eigenvalue weighted by molar-refractivity contribution is -0.0444. The van der Waals surface area contributed by atoms with Crippen LogP contribution in [-0.2, 0) is 0 Å². The van der Waals surface area contributed by atoms with Gasteiger partial charge in [-0.3, -0.25) is 0 Å². The molecular weight excluding hydrogens is 256 g/mol. The van der Waals surface area contributed by atoms with Crippen LogP contribution in [0.4, 0.5) is 14.5 Å². The molecule has 0 atom stereocenters. The molecule has 4 saturated carbocycles. The fourth-order valence-electron chi connectivity index (χ4n) is 5.45. The maximum atomic E-state index is 13.2. The third-order valence-corrected chi connectivity index (χ3v) is 5.70. The first-order chi connectivity index (χ1) is 9.60. The van der Waals surface area contributed by atoms with Crippen molar-refractivity contribution in [3.05, 3.63) is 29.8 Å². The van der Waals surface area contributed by atoms with E-state index in [2.05, 4.69) is 5.32 Å². The molecule has 0 heterocycles. The van der Waals surface area contributed by atoms with Crippen molar-refractivity contribution in [1.82, 2.24) is 0 Å². The van der Waals surface area contributed by atoms with E-state index in [1.807, 2.05) is 0 Å². The largest absolute Gasteiger partial charge is 0.384 e. The average molecular weight is 277 g/mol. The number of halogens is 2. The molecule has 0 saturated heterocycles. The Morgan fingerprint density at radius 2 is 1.40 bits per heavy atom. The predicted molar refractivity (Wildman–Crippen MR) is 75.5 cm³/mol. The van der Waals surface area contributed by atoms with Gasteiger partial charge in [-0.1, -0.05) is 0 Å². The molecule has 4 aliphatic rings. The van der Waals surface area contributed by atoms with Gasteiger partial charge >= 0.3 is 0 Å². The van der Waals surface area contributed by atoms with Gasteiger partial charge in [-0.05, 0) is 73.8 Å². The van der Waals surface area contributed by atoms with E-state index in [4.69, 9.17) is 0 Å². The van der Waals surface area contributed by atoms with Gasteiger partial charge in [-0.2, -0.15) is 0 Å². The fourth-order valence-corrected chi connectivity index (χ4v) is 5.45. The van der Waals surface area contributed by atoms with Crippen LogP contribution in [0.2, 0.25) is 0 Å². The van der Waals surface area contributed by atoms with Crippen molar-refractivity contribution >= 4 is 5.69 Å². The normalized spacial score (nSPS) is 38.2. The van der Waals surface area contributed by atoms with Crippen LogP contribution in [0.15, 0.2) is 18.2 Å². The number of hydrogen-bond donors (Lipinski definition) is 1. The molecule has 3 heteroatoms. The van der Waals surface area contributed by atoms with Gasteiger partial charge in [-0.15, -0.1) is 0 Å². The van der Waals surface area contributed by atoms with Crippen LogP contribution in [0.5, 0.6) is 0 Å². The predicted octanol–water partition coefficient (Wildman–Crippen LogP) is 4.59. The van der Waals surface area contributed by atoms with Crippen LogP contribution in [0, 0.1) is 34.8 Å². The molecule has 1 N–H and O–H groups in total. The first-order valence-electron chi connectivity index (χ1n) is 7.80. The summed E-state index contributed by atoms with van der Waals surface area (Å²) in [5.41, 5.74) is 0.968. The van der Waals surface area contributed by atoms with Gasteiger partial charge in [0.15, 0.2) is 0 Å². The summed E-state index contributed by atoms with van der Waals surface area (Å²) in [6, 6.07) is 3.71. The van der Waals surface area contributed by atoms with Crippen LogP contribution < -0.4 is 5.32 Å². The molecule has 20 heavy (non-hydrogen) atoms. The molecule has 0 amide bonds. The Morgan fingerprint density at radius 1 is 0.900 bits per heavy atom. The van der Waals surface area contributed by atoms with Crippen molar-refractivity contribution < 1.29 is 8.78 Å². The highest BCUT2D eigenvalue weighted by Crippen LogP contribution is 2.59. The second-order valence-electron chi connectivity index (χ2n) is 7.43. The SMILES string of the molecule is Fc1cc(F)cc(NCC23CC4CC(CC(C4)C2)C3)c1. The van der Waals surface area contributed by atoms with E-state index in [1.54, 1.807) is 0 Å². The molecule has 1 nitrogen and oxygen atoms in total. The maximum absolute atomic E-state index is 13.2. The molecular formula is C17H21F2N. The molecule has 0 unspecified atom stereocenters. The van der Waals surface area contributed by atoms with E-state index in [9.17, 15) is 8.78 Å². The zero-order valence-electron chi connectivity index (χ0n) is 11.7. The lowest BCUT2D eigenvalue weighted by Crippen LogP contribution is -2.49. The third-order valence-electron chi connectivity index (χ3n) is 5.70. The summed E-state index contributed by atoms with van der Waals surface area (Å²) in [7, 11) is 0. The van der Waals surface area contributed by atoms with Crippen LogP contribution in [0.25, 0.3) is 0 Å². The van der Waals surface area contributed by atoms with Gasteiger partial charge < -0.3 is 5.32 Å². The quantitative estimate of drug-likeness (QED) is 0.852. The number of hydrogen-bond acceptors (Lipinski definition) is 1. The minimum Gasteiger partial charge on any atom is -0.384 e. The van der Waals surface area contributed by atoms with E-state index >= 15 is 0 Å². The minimum atomic E-state index is -0.502. The van der Waals surface area contributed by atoms with Crippen molar-refractivity contribution in [1.29, 1.82) is 0 Å². The van der Waals surface area contributed by atoms with E-state index in [1.165, 1.54) is 50.7 Å². The molecule has 1 aromatic rings. The van der Waals surface area contributed by atoms with E-state index in [0.717, 1.165) is 30.4 Å². The smallest absolute Gasteiger partial charge is 0.128 e. The van der Waals surface area contributed by atoms with Gasteiger partial charge in [0.25, 0.3) is 0 Å². The molecule has 4 bridgehead atoms. The highest BCUT2D eigenvalue weighted by molar-refractivity contribution is 5.44. The summed E-state index contributed by atoms with van der Waals surface area (Å²) in [4.78, 5) is 0. The third kappa shape index (κ3) is 2.21. The van der Waals surface area contributed by atoms with Crippen molar-refractivity contribution in [3.8, 4) is 0 Å². The molecule has 1 aromatic carbocycles. The average Bonchev–Trinajstić information content (AvgIpc) is 2.34. The monoisotopic (exact) mass is 277 g/mol. The van der Waals surface area contributed by atoms with Crippen LogP contribution in [0.3, 0.4) is 0 Å². The fraction of sp³-hybridized carbons (Fsp3) is 0.647. The zero-order chi connectivity index (χ0) is 13.7. The number of anilines is 1. The second-order valence-corrected chi connectivity index (χ2v) is 7.43. The first-order valence-corrected chi connectivity index (χ1v) is 7.80. The van der Waals surface area contributed by atoms with Crippen molar-refractivity contribution in [2.75, 3.05) is 11.9 Å². The lowest BCUT2D eigenvalue weighted by Gasteiger charge is -2.57. The molecule has 4 fully saturated rings. The second kappa shape index (κ2) is 4.44. The highest BCUT2D eigenvalue weighted by Gasteiger charge is 2.50. The minimum absolute atomic E-state index is 0.386. The summed E-state index contributed by atoms with van der Waals surface area (Å²) in [5.74, 6) is 1.72. The van der Waals surface area contributed by atoms with E-state index < -0.39 is 11.6 Å². The number of rotatable bonds is 3. The van der Waals surface area contributed by atoms with Gasteiger partial charge in [0.05, 0.1) is 0 Å². The summed E-state index contributed by atoms with van der Waals surface area (Å²) < 4.78 is 26.5.